The van der Waals surface area contributed by atoms with E-state index in [1.807, 2.05) is 37.3 Å². The van der Waals surface area contributed by atoms with E-state index in [1.165, 1.54) is 0 Å². The normalized spacial score (nSPS) is 19.3. The van der Waals surface area contributed by atoms with Crippen molar-refractivity contribution in [3.05, 3.63) is 48.2 Å². The fourth-order valence-corrected chi connectivity index (χ4v) is 3.69. The van der Waals surface area contributed by atoms with Crippen LogP contribution in [0.3, 0.4) is 0 Å². The van der Waals surface area contributed by atoms with Gasteiger partial charge in [0.1, 0.15) is 0 Å². The Morgan fingerprint density at radius 3 is 2.64 bits per heavy atom. The standard InChI is InChI=1S/C21H22N4O3/c1-3-25-18-16(12-22-25)15(11-17(23-18)14-7-5-4-6-8-14)19(26)24-10-9-21(2,13-24)20(27)28/h4-8,11-12H,3,9-10,13H2,1-2H3,(H,27,28). The van der Waals surface area contributed by atoms with Crippen LogP contribution in [0.5, 0.6) is 0 Å². The van der Waals surface area contributed by atoms with Gasteiger partial charge < -0.3 is 10.0 Å². The molecule has 28 heavy (non-hydrogen) atoms. The third-order valence-electron chi connectivity index (χ3n) is 5.49. The molecule has 1 aromatic carbocycles. The molecule has 1 unspecified atom stereocenters. The molecule has 1 amide bonds. The number of benzene rings is 1. The lowest BCUT2D eigenvalue weighted by Gasteiger charge is -2.20. The minimum Gasteiger partial charge on any atom is -0.481 e. The molecule has 0 saturated carbocycles. The molecule has 3 aromatic rings. The Bertz CT molecular complexity index is 1060. The number of rotatable bonds is 4. The van der Waals surface area contributed by atoms with Crippen LogP contribution < -0.4 is 0 Å². The zero-order valence-corrected chi connectivity index (χ0v) is 15.9. The van der Waals surface area contributed by atoms with Gasteiger partial charge in [-0.15, -0.1) is 0 Å². The Labute approximate surface area is 162 Å². The van der Waals surface area contributed by atoms with Crippen LogP contribution in [0.4, 0.5) is 0 Å². The van der Waals surface area contributed by atoms with Gasteiger partial charge in [0, 0.05) is 25.2 Å². The van der Waals surface area contributed by atoms with Crippen LogP contribution in [0.15, 0.2) is 42.6 Å². The summed E-state index contributed by atoms with van der Waals surface area (Å²) in [5.74, 6) is -1.04. The molecule has 1 atom stereocenters. The Hall–Kier alpha value is -3.22. The van der Waals surface area contributed by atoms with Gasteiger partial charge in [0.25, 0.3) is 5.91 Å². The van der Waals surface area contributed by atoms with E-state index in [2.05, 4.69) is 5.10 Å². The van der Waals surface area contributed by atoms with Crippen molar-refractivity contribution in [1.29, 1.82) is 0 Å². The lowest BCUT2D eigenvalue weighted by atomic mass is 9.90. The van der Waals surface area contributed by atoms with Crippen molar-refractivity contribution in [3.63, 3.8) is 0 Å². The van der Waals surface area contributed by atoms with Gasteiger partial charge in [-0.2, -0.15) is 5.10 Å². The first-order valence-electron chi connectivity index (χ1n) is 9.37. The maximum Gasteiger partial charge on any atom is 0.311 e. The number of carboxylic acids is 1. The first kappa shape index (κ1) is 18.2. The smallest absolute Gasteiger partial charge is 0.311 e. The van der Waals surface area contributed by atoms with Crippen LogP contribution in [0.2, 0.25) is 0 Å². The number of carbonyl (C=O) groups is 2. The first-order chi connectivity index (χ1) is 13.4. The molecule has 1 fully saturated rings. The molecule has 1 aliphatic heterocycles. The number of aliphatic carboxylic acids is 1. The summed E-state index contributed by atoms with van der Waals surface area (Å²) in [6, 6.07) is 11.5. The number of carboxylic acid groups (broad SMARTS) is 1. The fourth-order valence-electron chi connectivity index (χ4n) is 3.69. The summed E-state index contributed by atoms with van der Waals surface area (Å²) in [4.78, 5) is 31.2. The summed E-state index contributed by atoms with van der Waals surface area (Å²) in [5.41, 5.74) is 1.88. The highest BCUT2D eigenvalue weighted by Crippen LogP contribution is 2.33. The molecule has 2 aromatic heterocycles. The van der Waals surface area contributed by atoms with Crippen molar-refractivity contribution < 1.29 is 14.7 Å². The molecular formula is C21H22N4O3. The quantitative estimate of drug-likeness (QED) is 0.754. The number of amides is 1. The largest absolute Gasteiger partial charge is 0.481 e. The van der Waals surface area contributed by atoms with E-state index in [1.54, 1.807) is 28.8 Å². The molecule has 0 radical (unpaired) electrons. The van der Waals surface area contributed by atoms with Gasteiger partial charge in [0.15, 0.2) is 5.65 Å². The zero-order valence-electron chi connectivity index (χ0n) is 15.9. The van der Waals surface area contributed by atoms with Crippen molar-refractivity contribution in [2.45, 2.75) is 26.8 Å². The van der Waals surface area contributed by atoms with Gasteiger partial charge in [0.05, 0.1) is 28.3 Å². The SMILES string of the molecule is CCn1ncc2c(C(=O)N3CCC(C)(C(=O)O)C3)cc(-c3ccccc3)nc21. The van der Waals surface area contributed by atoms with Crippen molar-refractivity contribution in [3.8, 4) is 11.3 Å². The number of carbonyl (C=O) groups excluding carboxylic acids is 1. The number of aryl methyl sites for hydroxylation is 1. The van der Waals surface area contributed by atoms with E-state index < -0.39 is 11.4 Å². The average molecular weight is 378 g/mol. The summed E-state index contributed by atoms with van der Waals surface area (Å²) in [6.07, 6.45) is 2.11. The second kappa shape index (κ2) is 6.74. The van der Waals surface area contributed by atoms with E-state index in [0.29, 0.717) is 41.8 Å². The minimum absolute atomic E-state index is 0.176. The van der Waals surface area contributed by atoms with E-state index in [4.69, 9.17) is 4.98 Å². The second-order valence-corrected chi connectivity index (χ2v) is 7.46. The molecule has 7 heteroatoms. The van der Waals surface area contributed by atoms with E-state index in [-0.39, 0.29) is 12.5 Å². The van der Waals surface area contributed by atoms with Gasteiger partial charge in [0.2, 0.25) is 0 Å². The maximum absolute atomic E-state index is 13.3. The number of aromatic nitrogens is 3. The van der Waals surface area contributed by atoms with Crippen LogP contribution in [-0.4, -0.2) is 49.7 Å². The van der Waals surface area contributed by atoms with Crippen LogP contribution in [-0.2, 0) is 11.3 Å². The maximum atomic E-state index is 13.3. The molecule has 1 saturated heterocycles. The third-order valence-corrected chi connectivity index (χ3v) is 5.49. The lowest BCUT2D eigenvalue weighted by Crippen LogP contribution is -2.35. The molecule has 7 nitrogen and oxygen atoms in total. The number of fused-ring (bicyclic) bond motifs is 1. The Morgan fingerprint density at radius 1 is 1.25 bits per heavy atom. The van der Waals surface area contributed by atoms with Crippen LogP contribution >= 0.6 is 0 Å². The molecule has 1 N–H and O–H groups in total. The number of pyridine rings is 1. The van der Waals surface area contributed by atoms with Crippen LogP contribution in [0.25, 0.3) is 22.3 Å². The average Bonchev–Trinajstić information content (AvgIpc) is 3.31. The van der Waals surface area contributed by atoms with E-state index in [0.717, 1.165) is 5.56 Å². The van der Waals surface area contributed by atoms with Crippen molar-refractivity contribution in [2.75, 3.05) is 13.1 Å². The second-order valence-electron chi connectivity index (χ2n) is 7.46. The lowest BCUT2D eigenvalue weighted by molar-refractivity contribution is -0.147. The van der Waals surface area contributed by atoms with Gasteiger partial charge in [-0.25, -0.2) is 9.67 Å². The molecule has 4 rings (SSSR count). The highest BCUT2D eigenvalue weighted by molar-refractivity contribution is 6.06. The predicted molar refractivity (Wildman–Crippen MR) is 105 cm³/mol. The molecule has 0 bridgehead atoms. The third kappa shape index (κ3) is 2.93. The van der Waals surface area contributed by atoms with E-state index >= 15 is 0 Å². The van der Waals surface area contributed by atoms with Gasteiger partial charge in [-0.3, -0.25) is 9.59 Å². The fraction of sp³-hybridized carbons (Fsp3) is 0.333. The molecule has 1 aliphatic rings. The van der Waals surface area contributed by atoms with Crippen LogP contribution in [0.1, 0.15) is 30.6 Å². The number of nitrogens with zero attached hydrogens (tertiary/aromatic N) is 4. The molecule has 144 valence electrons. The Kier molecular flexibility index (Phi) is 4.37. The number of hydrogen-bond donors (Lipinski definition) is 1. The molecular weight excluding hydrogens is 356 g/mol. The topological polar surface area (TPSA) is 88.3 Å². The van der Waals surface area contributed by atoms with Gasteiger partial charge >= 0.3 is 5.97 Å². The predicted octanol–water partition coefficient (Wildman–Crippen LogP) is 3.06. The van der Waals surface area contributed by atoms with Gasteiger partial charge in [-0.05, 0) is 26.3 Å². The van der Waals surface area contributed by atoms with Crippen molar-refractivity contribution >= 4 is 22.9 Å². The zero-order chi connectivity index (χ0) is 19.9. The number of hydrogen-bond acceptors (Lipinski definition) is 4. The highest BCUT2D eigenvalue weighted by atomic mass is 16.4. The Morgan fingerprint density at radius 2 is 2.00 bits per heavy atom. The van der Waals surface area contributed by atoms with Crippen molar-refractivity contribution in [1.82, 2.24) is 19.7 Å². The van der Waals surface area contributed by atoms with Crippen molar-refractivity contribution in [2.24, 2.45) is 5.41 Å². The molecule has 0 aliphatic carbocycles. The summed E-state index contributed by atoms with van der Waals surface area (Å²) >= 11 is 0. The summed E-state index contributed by atoms with van der Waals surface area (Å²) < 4.78 is 1.77. The first-order valence-corrected chi connectivity index (χ1v) is 9.37. The summed E-state index contributed by atoms with van der Waals surface area (Å²) in [6.45, 7) is 4.93. The Balaban J connectivity index is 1.81. The molecule has 0 spiro atoms. The van der Waals surface area contributed by atoms with E-state index in [9.17, 15) is 14.7 Å². The molecule has 3 heterocycles. The highest BCUT2D eigenvalue weighted by Gasteiger charge is 2.42. The van der Waals surface area contributed by atoms with Crippen LogP contribution in [0, 0.1) is 5.41 Å². The monoisotopic (exact) mass is 378 g/mol. The van der Waals surface area contributed by atoms with Gasteiger partial charge in [-0.1, -0.05) is 30.3 Å². The number of likely N-dealkylation sites (tertiary alicyclic amines) is 1. The minimum atomic E-state index is -0.905. The summed E-state index contributed by atoms with van der Waals surface area (Å²) in [7, 11) is 0. The summed E-state index contributed by atoms with van der Waals surface area (Å²) in [5, 5.41) is 14.5.